The van der Waals surface area contributed by atoms with Gasteiger partial charge in [-0.3, -0.25) is 9.69 Å². The zero-order valence-electron chi connectivity index (χ0n) is 22.3. The number of H-pyrrole nitrogens is 1. The maximum absolute atomic E-state index is 13.5. The Morgan fingerprint density at radius 1 is 1.00 bits per heavy atom. The van der Waals surface area contributed by atoms with Crippen LogP contribution < -0.4 is 10.3 Å². The average Bonchev–Trinajstić information content (AvgIpc) is 3.39. The molecular weight excluding hydrogens is 495 g/mol. The van der Waals surface area contributed by atoms with Crippen LogP contribution in [0.2, 0.25) is 0 Å². The van der Waals surface area contributed by atoms with E-state index in [0.29, 0.717) is 37.4 Å². The van der Waals surface area contributed by atoms with E-state index in [9.17, 15) is 9.18 Å². The van der Waals surface area contributed by atoms with Crippen molar-refractivity contribution in [2.24, 2.45) is 0 Å². The van der Waals surface area contributed by atoms with Crippen LogP contribution in [0.25, 0.3) is 10.9 Å². The van der Waals surface area contributed by atoms with E-state index < -0.39 is 0 Å². The summed E-state index contributed by atoms with van der Waals surface area (Å²) in [6.07, 6.45) is 0.713. The first-order chi connectivity index (χ1) is 18.9. The van der Waals surface area contributed by atoms with Crippen molar-refractivity contribution in [3.8, 4) is 5.75 Å². The Kier molecular flexibility index (Phi) is 7.79. The molecule has 0 bridgehead atoms. The second kappa shape index (κ2) is 11.6. The molecule has 3 aromatic carbocycles. The van der Waals surface area contributed by atoms with Gasteiger partial charge in [0.15, 0.2) is 5.82 Å². The fourth-order valence-electron chi connectivity index (χ4n) is 4.88. The number of pyridine rings is 1. The van der Waals surface area contributed by atoms with Crippen molar-refractivity contribution in [1.82, 2.24) is 30.1 Å². The second-order valence-corrected chi connectivity index (χ2v) is 9.71. The Balaban J connectivity index is 1.51. The smallest absolute Gasteiger partial charge is 0.252 e. The van der Waals surface area contributed by atoms with Gasteiger partial charge in [-0.15, -0.1) is 5.10 Å². The summed E-state index contributed by atoms with van der Waals surface area (Å²) in [4.78, 5) is 18.4. The minimum absolute atomic E-state index is 0.119. The molecule has 9 heteroatoms. The number of hydrogen-bond acceptors (Lipinski definition) is 6. The number of ether oxygens (including phenoxy) is 1. The molecule has 5 aromatic rings. The van der Waals surface area contributed by atoms with Crippen molar-refractivity contribution >= 4 is 10.9 Å². The number of aryl methyl sites for hydroxylation is 1. The van der Waals surface area contributed by atoms with Crippen LogP contribution in [-0.4, -0.2) is 37.2 Å². The maximum Gasteiger partial charge on any atom is 0.252 e. The minimum Gasteiger partial charge on any atom is -0.497 e. The molecule has 0 aliphatic rings. The summed E-state index contributed by atoms with van der Waals surface area (Å²) in [6, 6.07) is 22.0. The summed E-state index contributed by atoms with van der Waals surface area (Å²) in [5.41, 5.74) is 4.44. The zero-order valence-corrected chi connectivity index (χ0v) is 22.3. The fourth-order valence-corrected chi connectivity index (χ4v) is 4.88. The lowest BCUT2D eigenvalue weighted by Gasteiger charge is -2.30. The standard InChI is InChI=1S/C30H31FN6O2/c1-4-28(29-33-34-35-37(29)18-22-6-10-25(31)11-7-22)36(17-21-8-12-26(39-3)13-9-21)19-24-16-23-15-20(2)5-14-27(23)32-30(24)38/h5-16,28H,4,17-19H2,1-3H3,(H,32,38). The van der Waals surface area contributed by atoms with Gasteiger partial charge in [0.25, 0.3) is 5.56 Å². The highest BCUT2D eigenvalue weighted by atomic mass is 19.1. The van der Waals surface area contributed by atoms with Gasteiger partial charge in [-0.05, 0) is 82.7 Å². The lowest BCUT2D eigenvalue weighted by atomic mass is 10.1. The topological polar surface area (TPSA) is 88.9 Å². The van der Waals surface area contributed by atoms with E-state index in [1.165, 1.54) is 12.1 Å². The van der Waals surface area contributed by atoms with E-state index in [1.54, 1.807) is 23.9 Å². The molecule has 0 saturated carbocycles. The molecule has 0 fully saturated rings. The molecule has 39 heavy (non-hydrogen) atoms. The number of hydrogen-bond donors (Lipinski definition) is 1. The first-order valence-corrected chi connectivity index (χ1v) is 12.9. The number of nitrogens with zero attached hydrogens (tertiary/aromatic N) is 5. The van der Waals surface area contributed by atoms with Gasteiger partial charge >= 0.3 is 0 Å². The van der Waals surface area contributed by atoms with Crippen LogP contribution in [0.1, 0.15) is 47.5 Å². The van der Waals surface area contributed by atoms with Crippen LogP contribution in [0.4, 0.5) is 4.39 Å². The minimum atomic E-state index is -0.288. The van der Waals surface area contributed by atoms with Crippen LogP contribution in [0.15, 0.2) is 77.6 Å². The first kappa shape index (κ1) is 26.2. The number of tetrazole rings is 1. The number of aromatic amines is 1. The normalized spacial score (nSPS) is 12.2. The van der Waals surface area contributed by atoms with Gasteiger partial charge < -0.3 is 9.72 Å². The Hall–Kier alpha value is -4.37. The molecule has 1 unspecified atom stereocenters. The molecule has 0 aliphatic heterocycles. The van der Waals surface area contributed by atoms with E-state index >= 15 is 0 Å². The van der Waals surface area contributed by atoms with Gasteiger partial charge in [0.1, 0.15) is 11.6 Å². The van der Waals surface area contributed by atoms with Crippen molar-refractivity contribution in [1.29, 1.82) is 0 Å². The Morgan fingerprint density at radius 3 is 2.46 bits per heavy atom. The molecular formula is C30H31FN6O2. The predicted octanol–water partition coefficient (Wildman–Crippen LogP) is 5.17. The second-order valence-electron chi connectivity index (χ2n) is 9.71. The molecule has 1 atom stereocenters. The number of nitrogens with one attached hydrogen (secondary N) is 1. The van der Waals surface area contributed by atoms with Gasteiger partial charge in [-0.25, -0.2) is 9.07 Å². The third kappa shape index (κ3) is 6.04. The predicted molar refractivity (Wildman–Crippen MR) is 148 cm³/mol. The van der Waals surface area contributed by atoms with Crippen molar-refractivity contribution in [2.75, 3.05) is 7.11 Å². The number of benzene rings is 3. The number of rotatable bonds is 10. The lowest BCUT2D eigenvalue weighted by Crippen LogP contribution is -2.32. The van der Waals surface area contributed by atoms with E-state index in [0.717, 1.165) is 33.3 Å². The summed E-state index contributed by atoms with van der Waals surface area (Å²) >= 11 is 0. The lowest BCUT2D eigenvalue weighted by molar-refractivity contribution is 0.161. The van der Waals surface area contributed by atoms with Gasteiger partial charge in [-0.2, -0.15) is 0 Å². The van der Waals surface area contributed by atoms with Crippen LogP contribution in [-0.2, 0) is 19.6 Å². The number of aromatic nitrogens is 5. The molecule has 8 nitrogen and oxygen atoms in total. The third-order valence-electron chi connectivity index (χ3n) is 6.93. The monoisotopic (exact) mass is 526 g/mol. The summed E-state index contributed by atoms with van der Waals surface area (Å²) in [5.74, 6) is 1.17. The van der Waals surface area contributed by atoms with Gasteiger partial charge in [0.2, 0.25) is 0 Å². The van der Waals surface area contributed by atoms with E-state index in [2.05, 4.69) is 38.4 Å². The molecule has 0 spiro atoms. The van der Waals surface area contributed by atoms with Gasteiger partial charge in [0, 0.05) is 24.2 Å². The quantitative estimate of drug-likeness (QED) is 0.270. The van der Waals surface area contributed by atoms with E-state index in [1.807, 2.05) is 49.4 Å². The van der Waals surface area contributed by atoms with Crippen molar-refractivity contribution in [2.45, 2.75) is 45.9 Å². The Bertz CT molecular complexity index is 1610. The van der Waals surface area contributed by atoms with Crippen LogP contribution >= 0.6 is 0 Å². The number of halogens is 1. The van der Waals surface area contributed by atoms with Crippen LogP contribution in [0, 0.1) is 12.7 Å². The van der Waals surface area contributed by atoms with E-state index in [4.69, 9.17) is 4.74 Å². The molecule has 5 rings (SSSR count). The average molecular weight is 527 g/mol. The van der Waals surface area contributed by atoms with Crippen LogP contribution in [0.3, 0.4) is 0 Å². The summed E-state index contributed by atoms with van der Waals surface area (Å²) in [6.45, 7) is 5.49. The van der Waals surface area contributed by atoms with Crippen molar-refractivity contribution in [3.63, 3.8) is 0 Å². The summed E-state index contributed by atoms with van der Waals surface area (Å²) < 4.78 is 20.5. The third-order valence-corrected chi connectivity index (χ3v) is 6.93. The molecule has 2 heterocycles. The highest BCUT2D eigenvalue weighted by molar-refractivity contribution is 5.79. The molecule has 1 N–H and O–H groups in total. The maximum atomic E-state index is 13.5. The summed E-state index contributed by atoms with van der Waals surface area (Å²) in [5, 5.41) is 13.6. The molecule has 0 aliphatic carbocycles. The van der Waals surface area contributed by atoms with Crippen molar-refractivity contribution < 1.29 is 9.13 Å². The summed E-state index contributed by atoms with van der Waals surface area (Å²) in [7, 11) is 1.64. The first-order valence-electron chi connectivity index (χ1n) is 12.9. The molecule has 0 saturated heterocycles. The number of fused-ring (bicyclic) bond motifs is 1. The molecule has 0 amide bonds. The number of methoxy groups -OCH3 is 1. The fraction of sp³-hybridized carbons (Fsp3) is 0.267. The molecule has 200 valence electrons. The highest BCUT2D eigenvalue weighted by Gasteiger charge is 2.26. The van der Waals surface area contributed by atoms with Crippen LogP contribution in [0.5, 0.6) is 5.75 Å². The van der Waals surface area contributed by atoms with Crippen molar-refractivity contribution in [3.05, 3.63) is 117 Å². The zero-order chi connectivity index (χ0) is 27.4. The molecule has 2 aromatic heterocycles. The SMILES string of the molecule is CCC(c1nnnn1Cc1ccc(F)cc1)N(Cc1ccc(OC)cc1)Cc1cc2cc(C)ccc2[nH]c1=O. The largest absolute Gasteiger partial charge is 0.497 e. The van der Waals surface area contributed by atoms with E-state index in [-0.39, 0.29) is 17.4 Å². The Morgan fingerprint density at radius 2 is 1.74 bits per heavy atom. The Labute approximate surface area is 226 Å². The molecule has 0 radical (unpaired) electrons. The highest BCUT2D eigenvalue weighted by Crippen LogP contribution is 2.27. The van der Waals surface area contributed by atoms with Gasteiger partial charge in [0.05, 0.1) is 19.7 Å². The van der Waals surface area contributed by atoms with Gasteiger partial charge in [-0.1, -0.05) is 42.8 Å².